The quantitative estimate of drug-likeness (QED) is 0.759. The van der Waals surface area contributed by atoms with E-state index < -0.39 is 0 Å². The molecule has 1 aromatic heterocycles. The van der Waals surface area contributed by atoms with Gasteiger partial charge in [0.1, 0.15) is 11.6 Å². The molecule has 138 valence electrons. The lowest BCUT2D eigenvalue weighted by molar-refractivity contribution is 0.0953. The number of carbonyl (C=O) groups excluding carboxylic acids is 1. The molecule has 0 unspecified atom stereocenters. The zero-order valence-corrected chi connectivity index (χ0v) is 15.0. The van der Waals surface area contributed by atoms with E-state index in [4.69, 9.17) is 0 Å². The van der Waals surface area contributed by atoms with Crippen LogP contribution in [0.5, 0.6) is 0 Å². The van der Waals surface area contributed by atoms with Crippen LogP contribution in [-0.4, -0.2) is 23.5 Å². The van der Waals surface area contributed by atoms with Crippen molar-refractivity contribution in [3.8, 4) is 0 Å². The standard InChI is InChI=1S/C21H26FN3O/c22-19-10-6-5-7-16(19)13-14-23-21(26)17-11-12-20(24-15-17)25-18-8-3-1-2-4-9-18/h5-7,10-12,15,18H,1-4,8-9,13-14H2,(H,23,26)(H,24,25). The molecule has 4 nitrogen and oxygen atoms in total. The minimum absolute atomic E-state index is 0.185. The van der Waals surface area contributed by atoms with Crippen LogP contribution in [0.3, 0.4) is 0 Å². The lowest BCUT2D eigenvalue weighted by Crippen LogP contribution is -2.26. The van der Waals surface area contributed by atoms with Gasteiger partial charge in [0.2, 0.25) is 0 Å². The maximum Gasteiger partial charge on any atom is 0.252 e. The van der Waals surface area contributed by atoms with E-state index >= 15 is 0 Å². The fourth-order valence-corrected chi connectivity index (χ4v) is 3.36. The zero-order valence-electron chi connectivity index (χ0n) is 15.0. The molecule has 0 aliphatic heterocycles. The van der Waals surface area contributed by atoms with Crippen molar-refractivity contribution in [2.45, 2.75) is 51.0 Å². The van der Waals surface area contributed by atoms with Crippen LogP contribution in [0.2, 0.25) is 0 Å². The number of nitrogens with zero attached hydrogens (tertiary/aromatic N) is 1. The van der Waals surface area contributed by atoms with Crippen LogP contribution >= 0.6 is 0 Å². The monoisotopic (exact) mass is 355 g/mol. The largest absolute Gasteiger partial charge is 0.367 e. The number of rotatable bonds is 6. The fourth-order valence-electron chi connectivity index (χ4n) is 3.36. The Hall–Kier alpha value is -2.43. The van der Waals surface area contributed by atoms with Crippen molar-refractivity contribution >= 4 is 11.7 Å². The molecule has 1 aliphatic rings. The Bertz CT molecular complexity index is 709. The molecule has 0 spiro atoms. The van der Waals surface area contributed by atoms with Crippen molar-refractivity contribution in [1.29, 1.82) is 0 Å². The molecule has 2 aromatic rings. The summed E-state index contributed by atoms with van der Waals surface area (Å²) < 4.78 is 13.6. The van der Waals surface area contributed by atoms with Crippen molar-refractivity contribution in [1.82, 2.24) is 10.3 Å². The van der Waals surface area contributed by atoms with Crippen molar-refractivity contribution in [3.63, 3.8) is 0 Å². The Balaban J connectivity index is 1.48. The molecule has 1 amide bonds. The first-order valence-electron chi connectivity index (χ1n) is 9.46. The molecule has 0 radical (unpaired) electrons. The molecule has 0 atom stereocenters. The lowest BCUT2D eigenvalue weighted by atomic mass is 10.1. The van der Waals surface area contributed by atoms with Crippen molar-refractivity contribution in [3.05, 3.63) is 59.5 Å². The number of anilines is 1. The summed E-state index contributed by atoms with van der Waals surface area (Å²) in [6.07, 6.45) is 9.58. The summed E-state index contributed by atoms with van der Waals surface area (Å²) in [5.74, 6) is 0.395. The van der Waals surface area contributed by atoms with Crippen molar-refractivity contribution in [2.24, 2.45) is 0 Å². The average molecular weight is 355 g/mol. The molecular formula is C21H26FN3O. The van der Waals surface area contributed by atoms with Gasteiger partial charge >= 0.3 is 0 Å². The summed E-state index contributed by atoms with van der Waals surface area (Å²) in [7, 11) is 0. The molecule has 0 saturated heterocycles. The number of amides is 1. The molecule has 2 N–H and O–H groups in total. The number of hydrogen-bond donors (Lipinski definition) is 2. The van der Waals surface area contributed by atoms with Gasteiger partial charge in [0.25, 0.3) is 5.91 Å². The summed E-state index contributed by atoms with van der Waals surface area (Å²) >= 11 is 0. The molecule has 0 bridgehead atoms. The van der Waals surface area contributed by atoms with Crippen LogP contribution in [0, 0.1) is 5.82 Å². The third kappa shape index (κ3) is 5.28. The van der Waals surface area contributed by atoms with Crippen LogP contribution in [0.25, 0.3) is 0 Å². The fraction of sp³-hybridized carbons (Fsp3) is 0.429. The Morgan fingerprint density at radius 2 is 1.85 bits per heavy atom. The SMILES string of the molecule is O=C(NCCc1ccccc1F)c1ccc(NC2CCCCCC2)nc1. The van der Waals surface area contributed by atoms with E-state index in [0.717, 1.165) is 5.82 Å². The smallest absolute Gasteiger partial charge is 0.252 e. The average Bonchev–Trinajstić information content (AvgIpc) is 2.92. The molecule has 1 fully saturated rings. The summed E-state index contributed by atoms with van der Waals surface area (Å²) in [5.41, 5.74) is 1.12. The minimum atomic E-state index is -0.239. The molecule has 1 heterocycles. The van der Waals surface area contributed by atoms with Crippen LogP contribution in [0.1, 0.15) is 54.4 Å². The van der Waals surface area contributed by atoms with Gasteiger partial charge in [-0.25, -0.2) is 9.37 Å². The third-order valence-corrected chi connectivity index (χ3v) is 4.87. The van der Waals surface area contributed by atoms with E-state index in [-0.39, 0.29) is 11.7 Å². The summed E-state index contributed by atoms with van der Waals surface area (Å²) in [5, 5.41) is 6.29. The molecule has 1 saturated carbocycles. The number of carbonyl (C=O) groups is 1. The summed E-state index contributed by atoms with van der Waals surface area (Å²) in [4.78, 5) is 16.6. The highest BCUT2D eigenvalue weighted by Gasteiger charge is 2.13. The van der Waals surface area contributed by atoms with E-state index in [0.29, 0.717) is 30.1 Å². The predicted molar refractivity (Wildman–Crippen MR) is 102 cm³/mol. The Morgan fingerprint density at radius 3 is 2.54 bits per heavy atom. The first-order chi connectivity index (χ1) is 12.7. The molecule has 1 aliphatic carbocycles. The highest BCUT2D eigenvalue weighted by atomic mass is 19.1. The first-order valence-corrected chi connectivity index (χ1v) is 9.46. The van der Waals surface area contributed by atoms with Gasteiger partial charge in [0.15, 0.2) is 0 Å². The van der Waals surface area contributed by atoms with Gasteiger partial charge in [-0.1, -0.05) is 43.9 Å². The highest BCUT2D eigenvalue weighted by molar-refractivity contribution is 5.94. The van der Waals surface area contributed by atoms with E-state index in [1.807, 2.05) is 6.07 Å². The van der Waals surface area contributed by atoms with Gasteiger partial charge in [-0.2, -0.15) is 0 Å². The molecule has 3 rings (SSSR count). The normalized spacial score (nSPS) is 15.3. The summed E-state index contributed by atoms with van der Waals surface area (Å²) in [6.45, 7) is 0.391. The first kappa shape index (κ1) is 18.4. The Morgan fingerprint density at radius 1 is 1.08 bits per heavy atom. The number of benzene rings is 1. The van der Waals surface area contributed by atoms with E-state index in [1.165, 1.54) is 44.6 Å². The second-order valence-electron chi connectivity index (χ2n) is 6.86. The number of pyridine rings is 1. The van der Waals surface area contributed by atoms with Crippen LogP contribution in [-0.2, 0) is 6.42 Å². The highest BCUT2D eigenvalue weighted by Crippen LogP contribution is 2.20. The van der Waals surface area contributed by atoms with Gasteiger partial charge in [-0.05, 0) is 43.0 Å². The Labute approximate surface area is 154 Å². The molecule has 26 heavy (non-hydrogen) atoms. The summed E-state index contributed by atoms with van der Waals surface area (Å²) in [6, 6.07) is 10.7. The second kappa shape index (κ2) is 9.32. The maximum absolute atomic E-state index is 13.6. The number of hydrogen-bond acceptors (Lipinski definition) is 3. The van der Waals surface area contributed by atoms with Gasteiger partial charge in [-0.15, -0.1) is 0 Å². The molecular weight excluding hydrogens is 329 g/mol. The molecule has 5 heteroatoms. The van der Waals surface area contributed by atoms with E-state index in [2.05, 4.69) is 15.6 Å². The minimum Gasteiger partial charge on any atom is -0.367 e. The number of nitrogens with one attached hydrogen (secondary N) is 2. The van der Waals surface area contributed by atoms with Crippen LogP contribution < -0.4 is 10.6 Å². The topological polar surface area (TPSA) is 54.0 Å². The predicted octanol–water partition coefficient (Wildman–Crippen LogP) is 4.33. The van der Waals surface area contributed by atoms with Gasteiger partial charge < -0.3 is 10.6 Å². The third-order valence-electron chi connectivity index (χ3n) is 4.87. The second-order valence-corrected chi connectivity index (χ2v) is 6.86. The van der Waals surface area contributed by atoms with Gasteiger partial charge in [0, 0.05) is 18.8 Å². The Kier molecular flexibility index (Phi) is 6.58. The lowest BCUT2D eigenvalue weighted by Gasteiger charge is -2.16. The van der Waals surface area contributed by atoms with Gasteiger partial charge in [0.05, 0.1) is 5.56 Å². The zero-order chi connectivity index (χ0) is 18.2. The molecule has 1 aromatic carbocycles. The number of halogens is 1. The number of aromatic nitrogens is 1. The van der Waals surface area contributed by atoms with Crippen molar-refractivity contribution in [2.75, 3.05) is 11.9 Å². The van der Waals surface area contributed by atoms with Crippen LogP contribution in [0.15, 0.2) is 42.6 Å². The van der Waals surface area contributed by atoms with Crippen molar-refractivity contribution < 1.29 is 9.18 Å². The van der Waals surface area contributed by atoms with Gasteiger partial charge in [-0.3, -0.25) is 4.79 Å². The van der Waals surface area contributed by atoms with E-state index in [1.54, 1.807) is 30.5 Å². The maximum atomic E-state index is 13.6. The van der Waals surface area contributed by atoms with E-state index in [9.17, 15) is 9.18 Å². The van der Waals surface area contributed by atoms with Crippen LogP contribution in [0.4, 0.5) is 10.2 Å².